The van der Waals surface area contributed by atoms with E-state index in [2.05, 4.69) is 0 Å². The Hall–Kier alpha value is -1.45. The maximum absolute atomic E-state index is 12.2. The van der Waals surface area contributed by atoms with Crippen molar-refractivity contribution in [3.8, 4) is 0 Å². The van der Waals surface area contributed by atoms with Crippen molar-refractivity contribution in [3.05, 3.63) is 17.0 Å². The standard InChI is InChI=1S/C12H16N2O5S2/c13-21(18,19)11-6-9(7-20-11)12(17)14-3-1-8(2-4-14)5-10(15)16/h6-8H,1-5H2,(H,15,16)(H2,13,18,19). The maximum atomic E-state index is 12.2. The summed E-state index contributed by atoms with van der Waals surface area (Å²) in [5, 5.41) is 15.2. The highest BCUT2D eigenvalue weighted by Crippen LogP contribution is 2.24. The van der Waals surface area contributed by atoms with E-state index >= 15 is 0 Å². The Kier molecular flexibility index (Phi) is 4.64. The van der Waals surface area contributed by atoms with Gasteiger partial charge in [0, 0.05) is 24.9 Å². The average Bonchev–Trinajstić information content (AvgIpc) is 2.87. The van der Waals surface area contributed by atoms with Crippen LogP contribution < -0.4 is 5.14 Å². The molecule has 1 aromatic rings. The van der Waals surface area contributed by atoms with Gasteiger partial charge in [0.15, 0.2) is 0 Å². The molecule has 1 aromatic heterocycles. The highest BCUT2D eigenvalue weighted by molar-refractivity contribution is 7.91. The average molecular weight is 332 g/mol. The Morgan fingerprint density at radius 2 is 2.00 bits per heavy atom. The van der Waals surface area contributed by atoms with Crippen LogP contribution in [0, 0.1) is 5.92 Å². The van der Waals surface area contributed by atoms with Crippen LogP contribution >= 0.6 is 11.3 Å². The molecule has 0 bridgehead atoms. The molecule has 7 nitrogen and oxygen atoms in total. The number of carboxylic acids is 1. The number of likely N-dealkylation sites (tertiary alicyclic amines) is 1. The van der Waals surface area contributed by atoms with Crippen LogP contribution in [-0.4, -0.2) is 43.4 Å². The lowest BCUT2D eigenvalue weighted by Gasteiger charge is -2.31. The fourth-order valence-corrected chi connectivity index (χ4v) is 3.93. The number of carbonyl (C=O) groups is 2. The van der Waals surface area contributed by atoms with Crippen molar-refractivity contribution in [1.82, 2.24) is 4.90 Å². The molecule has 116 valence electrons. The molecular formula is C12H16N2O5S2. The molecule has 0 spiro atoms. The summed E-state index contributed by atoms with van der Waals surface area (Å²) < 4.78 is 22.4. The molecule has 1 aliphatic rings. The van der Waals surface area contributed by atoms with Crippen LogP contribution in [0.4, 0.5) is 0 Å². The molecule has 0 saturated carbocycles. The number of piperidine rings is 1. The van der Waals surface area contributed by atoms with Crippen molar-refractivity contribution < 1.29 is 23.1 Å². The van der Waals surface area contributed by atoms with Gasteiger partial charge in [-0.05, 0) is 24.8 Å². The van der Waals surface area contributed by atoms with Gasteiger partial charge in [-0.3, -0.25) is 9.59 Å². The van der Waals surface area contributed by atoms with Crippen LogP contribution in [-0.2, 0) is 14.8 Å². The fraction of sp³-hybridized carbons (Fsp3) is 0.500. The first kappa shape index (κ1) is 15.9. The molecule has 21 heavy (non-hydrogen) atoms. The molecule has 0 unspecified atom stereocenters. The van der Waals surface area contributed by atoms with Gasteiger partial charge in [-0.1, -0.05) is 0 Å². The van der Waals surface area contributed by atoms with E-state index in [0.717, 1.165) is 11.3 Å². The van der Waals surface area contributed by atoms with Gasteiger partial charge >= 0.3 is 5.97 Å². The Bertz CT molecular complexity index is 644. The van der Waals surface area contributed by atoms with Crippen molar-refractivity contribution in [2.75, 3.05) is 13.1 Å². The smallest absolute Gasteiger partial charge is 0.303 e. The summed E-state index contributed by atoms with van der Waals surface area (Å²) >= 11 is 0.920. The molecule has 1 amide bonds. The van der Waals surface area contributed by atoms with Gasteiger partial charge in [0.2, 0.25) is 10.0 Å². The molecular weight excluding hydrogens is 316 g/mol. The second kappa shape index (κ2) is 6.12. The number of sulfonamides is 1. The van der Waals surface area contributed by atoms with Crippen molar-refractivity contribution in [3.63, 3.8) is 0 Å². The zero-order valence-electron chi connectivity index (χ0n) is 11.2. The summed E-state index contributed by atoms with van der Waals surface area (Å²) in [6.07, 6.45) is 1.41. The highest BCUT2D eigenvalue weighted by atomic mass is 32.2. The quantitative estimate of drug-likeness (QED) is 0.842. The largest absolute Gasteiger partial charge is 0.481 e. The molecule has 0 aliphatic carbocycles. The van der Waals surface area contributed by atoms with Crippen LogP contribution in [0.1, 0.15) is 29.6 Å². The molecule has 3 N–H and O–H groups in total. The number of nitrogens with two attached hydrogens (primary N) is 1. The van der Waals surface area contributed by atoms with E-state index in [4.69, 9.17) is 10.2 Å². The van der Waals surface area contributed by atoms with Crippen LogP contribution in [0.25, 0.3) is 0 Å². The molecule has 2 rings (SSSR count). The number of carbonyl (C=O) groups excluding carboxylic acids is 1. The van der Waals surface area contributed by atoms with Gasteiger partial charge in [-0.15, -0.1) is 11.3 Å². The number of amides is 1. The van der Waals surface area contributed by atoms with Gasteiger partial charge in [0.1, 0.15) is 4.21 Å². The van der Waals surface area contributed by atoms with Crippen molar-refractivity contribution >= 4 is 33.2 Å². The van der Waals surface area contributed by atoms with Gasteiger partial charge in [0.05, 0.1) is 5.56 Å². The first-order valence-electron chi connectivity index (χ1n) is 6.40. The first-order chi connectivity index (χ1) is 9.77. The Morgan fingerprint density at radius 1 is 1.38 bits per heavy atom. The second-order valence-corrected chi connectivity index (χ2v) is 7.73. The van der Waals surface area contributed by atoms with E-state index in [1.807, 2.05) is 0 Å². The zero-order chi connectivity index (χ0) is 15.6. The predicted molar refractivity (Wildman–Crippen MR) is 76.6 cm³/mol. The molecule has 0 radical (unpaired) electrons. The highest BCUT2D eigenvalue weighted by Gasteiger charge is 2.26. The topological polar surface area (TPSA) is 118 Å². The number of rotatable bonds is 4. The number of aliphatic carboxylic acids is 1. The van der Waals surface area contributed by atoms with E-state index in [9.17, 15) is 18.0 Å². The number of hydrogen-bond donors (Lipinski definition) is 2. The van der Waals surface area contributed by atoms with Gasteiger partial charge in [-0.25, -0.2) is 13.6 Å². The molecule has 0 aromatic carbocycles. The van der Waals surface area contributed by atoms with Crippen molar-refractivity contribution in [2.24, 2.45) is 11.1 Å². The van der Waals surface area contributed by atoms with Crippen LogP contribution in [0.2, 0.25) is 0 Å². The van der Waals surface area contributed by atoms with Crippen molar-refractivity contribution in [2.45, 2.75) is 23.5 Å². The molecule has 1 saturated heterocycles. The summed E-state index contributed by atoms with van der Waals surface area (Å²) in [5.41, 5.74) is 0.306. The van der Waals surface area contributed by atoms with E-state index < -0.39 is 16.0 Å². The number of carboxylic acid groups (broad SMARTS) is 1. The molecule has 9 heteroatoms. The Labute approximate surface area is 126 Å². The SMILES string of the molecule is NS(=O)(=O)c1cc(C(=O)N2CCC(CC(=O)O)CC2)cs1. The molecule has 0 atom stereocenters. The summed E-state index contributed by atoms with van der Waals surface area (Å²) in [6.45, 7) is 0.967. The molecule has 2 heterocycles. The third kappa shape index (κ3) is 4.02. The van der Waals surface area contributed by atoms with Crippen LogP contribution in [0.5, 0.6) is 0 Å². The summed E-state index contributed by atoms with van der Waals surface area (Å²) in [6, 6.07) is 1.28. The van der Waals surface area contributed by atoms with Crippen LogP contribution in [0.3, 0.4) is 0 Å². The van der Waals surface area contributed by atoms with Crippen molar-refractivity contribution in [1.29, 1.82) is 0 Å². The summed E-state index contributed by atoms with van der Waals surface area (Å²) in [4.78, 5) is 24.5. The fourth-order valence-electron chi connectivity index (χ4n) is 2.35. The van der Waals surface area contributed by atoms with Gasteiger partial charge in [0.25, 0.3) is 5.91 Å². The number of nitrogens with zero attached hydrogens (tertiary/aromatic N) is 1. The third-order valence-electron chi connectivity index (χ3n) is 3.47. The third-order valence-corrected chi connectivity index (χ3v) is 5.85. The Balaban J connectivity index is 1.99. The van der Waals surface area contributed by atoms with E-state index in [1.165, 1.54) is 11.4 Å². The monoisotopic (exact) mass is 332 g/mol. The first-order valence-corrected chi connectivity index (χ1v) is 8.82. The normalized spacial score (nSPS) is 16.9. The minimum absolute atomic E-state index is 0.0355. The van der Waals surface area contributed by atoms with E-state index in [-0.39, 0.29) is 22.5 Å². The van der Waals surface area contributed by atoms with Crippen LogP contribution in [0.15, 0.2) is 15.7 Å². The molecule has 1 aliphatic heterocycles. The maximum Gasteiger partial charge on any atom is 0.303 e. The minimum atomic E-state index is -3.79. The second-order valence-electron chi connectivity index (χ2n) is 5.03. The van der Waals surface area contributed by atoms with E-state index in [1.54, 1.807) is 4.90 Å². The minimum Gasteiger partial charge on any atom is -0.481 e. The summed E-state index contributed by atoms with van der Waals surface area (Å²) in [5.74, 6) is -0.973. The lowest BCUT2D eigenvalue weighted by atomic mass is 9.93. The number of thiophene rings is 1. The van der Waals surface area contributed by atoms with Gasteiger partial charge < -0.3 is 10.0 Å². The molecule has 1 fully saturated rings. The lowest BCUT2D eigenvalue weighted by molar-refractivity contribution is -0.138. The summed E-state index contributed by atoms with van der Waals surface area (Å²) in [7, 11) is -3.79. The van der Waals surface area contributed by atoms with E-state index in [0.29, 0.717) is 31.5 Å². The Morgan fingerprint density at radius 3 is 2.48 bits per heavy atom. The zero-order valence-corrected chi connectivity index (χ0v) is 12.8. The van der Waals surface area contributed by atoms with Gasteiger partial charge in [-0.2, -0.15) is 0 Å². The predicted octanol–water partition coefficient (Wildman–Crippen LogP) is 0.722. The number of primary sulfonamides is 1. The number of hydrogen-bond acceptors (Lipinski definition) is 5. The lowest BCUT2D eigenvalue weighted by Crippen LogP contribution is -2.38.